The van der Waals surface area contributed by atoms with Crippen molar-refractivity contribution < 1.29 is 18.3 Å². The first-order chi connectivity index (χ1) is 7.02. The maximum atomic E-state index is 11.9. The Bertz CT molecular complexity index is 366. The number of carbonyl (C=O) groups is 1. The lowest BCUT2D eigenvalue weighted by Gasteiger charge is -2.07. The summed E-state index contributed by atoms with van der Waals surface area (Å²) in [5.74, 6) is -0.261. The van der Waals surface area contributed by atoms with E-state index in [1.165, 1.54) is 18.2 Å². The number of hydrogen-bond donors (Lipinski definition) is 1. The van der Waals surface area contributed by atoms with Gasteiger partial charge in [-0.1, -0.05) is 6.92 Å². The van der Waals surface area contributed by atoms with Crippen molar-refractivity contribution >= 4 is 11.5 Å². The highest BCUT2D eigenvalue weighted by Crippen LogP contribution is 2.21. The molecule has 3 nitrogen and oxygen atoms in total. The molecule has 0 amide bonds. The van der Waals surface area contributed by atoms with Gasteiger partial charge in [0.2, 0.25) is 0 Å². The molecule has 0 radical (unpaired) electrons. The van der Waals surface area contributed by atoms with Crippen molar-refractivity contribution in [3.05, 3.63) is 23.8 Å². The molecule has 0 atom stereocenters. The van der Waals surface area contributed by atoms with E-state index in [9.17, 15) is 13.6 Å². The molecule has 0 saturated heterocycles. The van der Waals surface area contributed by atoms with Crippen molar-refractivity contribution in [2.45, 2.75) is 20.0 Å². The molecule has 2 N–H and O–H groups in total. The smallest absolute Gasteiger partial charge is 0.387 e. The van der Waals surface area contributed by atoms with Crippen LogP contribution in [0.4, 0.5) is 14.5 Å². The number of anilines is 1. The second-order valence-corrected chi connectivity index (χ2v) is 2.95. The molecule has 82 valence electrons. The summed E-state index contributed by atoms with van der Waals surface area (Å²) in [4.78, 5) is 11.3. The van der Waals surface area contributed by atoms with Crippen LogP contribution in [0.1, 0.15) is 23.7 Å². The van der Waals surface area contributed by atoms with E-state index >= 15 is 0 Å². The van der Waals surface area contributed by atoms with Gasteiger partial charge in [-0.3, -0.25) is 4.79 Å². The van der Waals surface area contributed by atoms with Crippen molar-refractivity contribution in [3.63, 3.8) is 0 Å². The molecule has 15 heavy (non-hydrogen) atoms. The Morgan fingerprint density at radius 1 is 1.47 bits per heavy atom. The third-order valence-corrected chi connectivity index (χ3v) is 1.80. The molecule has 0 bridgehead atoms. The first-order valence-corrected chi connectivity index (χ1v) is 4.41. The fourth-order valence-electron chi connectivity index (χ4n) is 1.16. The number of benzene rings is 1. The Morgan fingerprint density at radius 3 is 2.67 bits per heavy atom. The lowest BCUT2D eigenvalue weighted by atomic mass is 10.1. The molecule has 5 heteroatoms. The molecular weight excluding hydrogens is 204 g/mol. The average molecular weight is 215 g/mol. The Labute approximate surface area is 85.8 Å². The highest BCUT2D eigenvalue weighted by atomic mass is 19.3. The zero-order chi connectivity index (χ0) is 11.4. The van der Waals surface area contributed by atoms with E-state index in [4.69, 9.17) is 5.73 Å². The standard InChI is InChI=1S/C10H11F2NO2/c1-2-9(14)6-3-7(13)5-8(4-6)15-10(11)12/h3-5,10H,2,13H2,1H3. The van der Waals surface area contributed by atoms with E-state index in [1.54, 1.807) is 6.92 Å². The molecule has 0 spiro atoms. The summed E-state index contributed by atoms with van der Waals surface area (Å²) in [6, 6.07) is 3.94. The van der Waals surface area contributed by atoms with E-state index in [1.807, 2.05) is 0 Å². The maximum absolute atomic E-state index is 11.9. The number of carbonyl (C=O) groups excluding carboxylic acids is 1. The van der Waals surface area contributed by atoms with Gasteiger partial charge < -0.3 is 10.5 Å². The van der Waals surface area contributed by atoms with Crippen molar-refractivity contribution in [1.29, 1.82) is 0 Å². The number of ketones is 1. The second kappa shape index (κ2) is 4.72. The summed E-state index contributed by atoms with van der Waals surface area (Å²) in [7, 11) is 0. The minimum Gasteiger partial charge on any atom is -0.435 e. The molecule has 1 aromatic carbocycles. The van der Waals surface area contributed by atoms with Gasteiger partial charge in [-0.25, -0.2) is 0 Å². The van der Waals surface area contributed by atoms with E-state index in [2.05, 4.69) is 4.74 Å². The monoisotopic (exact) mass is 215 g/mol. The Balaban J connectivity index is 2.99. The molecule has 0 saturated carbocycles. The van der Waals surface area contributed by atoms with Crippen LogP contribution in [0.15, 0.2) is 18.2 Å². The predicted octanol–water partition coefficient (Wildman–Crippen LogP) is 2.46. The van der Waals surface area contributed by atoms with E-state index in [0.717, 1.165) is 0 Å². The molecule has 0 aromatic heterocycles. The van der Waals surface area contributed by atoms with Crippen LogP contribution in [-0.4, -0.2) is 12.4 Å². The quantitative estimate of drug-likeness (QED) is 0.620. The number of nitrogens with two attached hydrogens (primary N) is 1. The zero-order valence-corrected chi connectivity index (χ0v) is 8.17. The molecule has 0 heterocycles. The van der Waals surface area contributed by atoms with E-state index in [-0.39, 0.29) is 29.2 Å². The molecular formula is C10H11F2NO2. The van der Waals surface area contributed by atoms with Crippen LogP contribution < -0.4 is 10.5 Å². The summed E-state index contributed by atoms with van der Waals surface area (Å²) in [5, 5.41) is 0. The number of hydrogen-bond acceptors (Lipinski definition) is 3. The molecule has 0 aliphatic carbocycles. The fraction of sp³-hybridized carbons (Fsp3) is 0.300. The van der Waals surface area contributed by atoms with Gasteiger partial charge in [-0.15, -0.1) is 0 Å². The minimum absolute atomic E-state index is 0.0956. The summed E-state index contributed by atoms with van der Waals surface area (Å²) in [6.45, 7) is -1.24. The van der Waals surface area contributed by atoms with Gasteiger partial charge in [0.15, 0.2) is 5.78 Å². The molecule has 0 fully saturated rings. The molecule has 0 unspecified atom stereocenters. The van der Waals surface area contributed by atoms with Gasteiger partial charge in [0.05, 0.1) is 0 Å². The van der Waals surface area contributed by atoms with Gasteiger partial charge in [0, 0.05) is 23.7 Å². The van der Waals surface area contributed by atoms with Gasteiger partial charge in [-0.2, -0.15) is 8.78 Å². The average Bonchev–Trinajstić information content (AvgIpc) is 2.14. The van der Waals surface area contributed by atoms with Gasteiger partial charge in [-0.05, 0) is 12.1 Å². The normalized spacial score (nSPS) is 10.4. The van der Waals surface area contributed by atoms with Crippen molar-refractivity contribution in [2.24, 2.45) is 0 Å². The molecule has 1 aromatic rings. The van der Waals surface area contributed by atoms with Crippen LogP contribution in [0.25, 0.3) is 0 Å². The van der Waals surface area contributed by atoms with Gasteiger partial charge in [0.1, 0.15) is 5.75 Å². The Hall–Kier alpha value is -1.65. The molecule has 0 aliphatic heterocycles. The van der Waals surface area contributed by atoms with Crippen LogP contribution in [0.2, 0.25) is 0 Å². The van der Waals surface area contributed by atoms with Crippen LogP contribution in [-0.2, 0) is 0 Å². The number of rotatable bonds is 4. The highest BCUT2D eigenvalue weighted by Gasteiger charge is 2.09. The minimum atomic E-state index is -2.92. The topological polar surface area (TPSA) is 52.3 Å². The SMILES string of the molecule is CCC(=O)c1cc(N)cc(OC(F)F)c1. The third kappa shape index (κ3) is 3.19. The highest BCUT2D eigenvalue weighted by molar-refractivity contribution is 5.97. The first kappa shape index (κ1) is 11.4. The third-order valence-electron chi connectivity index (χ3n) is 1.80. The Kier molecular flexibility index (Phi) is 3.60. The zero-order valence-electron chi connectivity index (χ0n) is 8.17. The Morgan fingerprint density at radius 2 is 2.13 bits per heavy atom. The summed E-state index contributed by atoms with van der Waals surface area (Å²) < 4.78 is 28.0. The number of alkyl halides is 2. The maximum Gasteiger partial charge on any atom is 0.387 e. The summed E-state index contributed by atoms with van der Waals surface area (Å²) in [5.41, 5.74) is 5.96. The summed E-state index contributed by atoms with van der Waals surface area (Å²) in [6.07, 6.45) is 0.289. The summed E-state index contributed by atoms with van der Waals surface area (Å²) >= 11 is 0. The number of halogens is 2. The van der Waals surface area contributed by atoms with Gasteiger partial charge >= 0.3 is 6.61 Å². The van der Waals surface area contributed by atoms with Crippen LogP contribution in [0.3, 0.4) is 0 Å². The largest absolute Gasteiger partial charge is 0.435 e. The fourth-order valence-corrected chi connectivity index (χ4v) is 1.16. The van der Waals surface area contributed by atoms with Crippen LogP contribution in [0, 0.1) is 0 Å². The van der Waals surface area contributed by atoms with Crippen molar-refractivity contribution in [1.82, 2.24) is 0 Å². The lowest BCUT2D eigenvalue weighted by molar-refractivity contribution is -0.0498. The first-order valence-electron chi connectivity index (χ1n) is 4.41. The number of ether oxygens (including phenoxy) is 1. The molecule has 1 rings (SSSR count). The van der Waals surface area contributed by atoms with E-state index in [0.29, 0.717) is 0 Å². The predicted molar refractivity (Wildman–Crippen MR) is 52.1 cm³/mol. The number of nitrogen functional groups attached to an aromatic ring is 1. The van der Waals surface area contributed by atoms with Crippen LogP contribution >= 0.6 is 0 Å². The van der Waals surface area contributed by atoms with Crippen molar-refractivity contribution in [3.8, 4) is 5.75 Å². The van der Waals surface area contributed by atoms with Crippen molar-refractivity contribution in [2.75, 3.05) is 5.73 Å². The van der Waals surface area contributed by atoms with Crippen LogP contribution in [0.5, 0.6) is 5.75 Å². The lowest BCUT2D eigenvalue weighted by Crippen LogP contribution is -2.05. The van der Waals surface area contributed by atoms with E-state index < -0.39 is 6.61 Å². The number of Topliss-reactive ketones (excluding diaryl/α,β-unsaturated/α-hetero) is 1. The van der Waals surface area contributed by atoms with Gasteiger partial charge in [0.25, 0.3) is 0 Å². The molecule has 0 aliphatic rings. The second-order valence-electron chi connectivity index (χ2n) is 2.95.